The highest BCUT2D eigenvalue weighted by Gasteiger charge is 2.12. The lowest BCUT2D eigenvalue weighted by Crippen LogP contribution is -2.40. The van der Waals surface area contributed by atoms with Gasteiger partial charge in [0.1, 0.15) is 0 Å². The maximum atomic E-state index is 11.0. The number of oxime groups is 1. The summed E-state index contributed by atoms with van der Waals surface area (Å²) in [5, 5.41) is 10.7. The first kappa shape index (κ1) is 11.1. The van der Waals surface area contributed by atoms with E-state index in [0.717, 1.165) is 4.31 Å². The zero-order chi connectivity index (χ0) is 9.78. The van der Waals surface area contributed by atoms with Crippen LogP contribution in [0.15, 0.2) is 5.16 Å². The van der Waals surface area contributed by atoms with Crippen LogP contribution in [0.25, 0.3) is 0 Å². The van der Waals surface area contributed by atoms with Crippen molar-refractivity contribution in [3.8, 4) is 0 Å². The Labute approximate surface area is 71.0 Å². The Morgan fingerprint density at radius 1 is 1.67 bits per heavy atom. The number of nitrogens with two attached hydrogens (primary N) is 1. The maximum Gasteiger partial charge on any atom is 0.279 e. The molecule has 0 fully saturated rings. The minimum absolute atomic E-state index is 0.194. The monoisotopic (exact) mass is 196 g/mol. The minimum atomic E-state index is -3.49. The molecule has 0 heterocycles. The van der Waals surface area contributed by atoms with Crippen molar-refractivity contribution in [3.05, 3.63) is 0 Å². The third kappa shape index (κ3) is 3.51. The van der Waals surface area contributed by atoms with Crippen molar-refractivity contribution >= 4 is 16.0 Å². The van der Waals surface area contributed by atoms with Gasteiger partial charge in [-0.3, -0.25) is 0 Å². The smallest absolute Gasteiger partial charge is 0.279 e. The topological polar surface area (TPSA) is 108 Å². The summed E-state index contributed by atoms with van der Waals surface area (Å²) in [6, 6.07) is 0. The van der Waals surface area contributed by atoms with Gasteiger partial charge in [-0.1, -0.05) is 5.16 Å². The van der Waals surface area contributed by atoms with Crippen molar-refractivity contribution in [1.82, 2.24) is 9.03 Å². The molecular weight excluding hydrogens is 184 g/mol. The van der Waals surface area contributed by atoms with Crippen molar-refractivity contribution in [1.29, 1.82) is 0 Å². The normalized spacial score (nSPS) is 13.8. The summed E-state index contributed by atoms with van der Waals surface area (Å²) in [6.07, 6.45) is 0. The van der Waals surface area contributed by atoms with Crippen LogP contribution in [0.2, 0.25) is 0 Å². The summed E-state index contributed by atoms with van der Waals surface area (Å²) < 4.78 is 25.0. The van der Waals surface area contributed by atoms with Gasteiger partial charge in [0.2, 0.25) is 0 Å². The first-order valence-corrected chi connectivity index (χ1v) is 4.47. The van der Waals surface area contributed by atoms with E-state index < -0.39 is 10.2 Å². The van der Waals surface area contributed by atoms with Gasteiger partial charge < -0.3 is 10.9 Å². The van der Waals surface area contributed by atoms with Crippen LogP contribution < -0.4 is 10.5 Å². The van der Waals surface area contributed by atoms with Crippen LogP contribution in [-0.4, -0.2) is 44.4 Å². The Morgan fingerprint density at radius 2 is 2.17 bits per heavy atom. The highest BCUT2D eigenvalue weighted by atomic mass is 32.2. The van der Waals surface area contributed by atoms with Crippen LogP contribution in [0.5, 0.6) is 0 Å². The first-order chi connectivity index (χ1) is 5.40. The lowest BCUT2D eigenvalue weighted by atomic mass is 10.6. The molecule has 0 bridgehead atoms. The average Bonchev–Trinajstić information content (AvgIpc) is 2.00. The Bertz CT molecular complexity index is 257. The summed E-state index contributed by atoms with van der Waals surface area (Å²) in [4.78, 5) is 0. The van der Waals surface area contributed by atoms with E-state index in [4.69, 9.17) is 10.9 Å². The van der Waals surface area contributed by atoms with Gasteiger partial charge in [0.15, 0.2) is 5.84 Å². The fourth-order valence-corrected chi connectivity index (χ4v) is 0.918. The van der Waals surface area contributed by atoms with Gasteiger partial charge in [-0.25, -0.2) is 0 Å². The SMILES string of the molecule is CN(C)S(=O)(=O)NC/C(N)=N/O. The second-order valence-corrected chi connectivity index (χ2v) is 4.17. The predicted molar refractivity (Wildman–Crippen MR) is 44.0 cm³/mol. The van der Waals surface area contributed by atoms with E-state index in [2.05, 4.69) is 9.88 Å². The molecule has 0 unspecified atom stereocenters. The Morgan fingerprint density at radius 3 is 2.50 bits per heavy atom. The molecule has 72 valence electrons. The number of hydrogen-bond donors (Lipinski definition) is 3. The van der Waals surface area contributed by atoms with Crippen molar-refractivity contribution < 1.29 is 13.6 Å². The third-order valence-corrected chi connectivity index (χ3v) is 2.52. The molecule has 0 radical (unpaired) electrons. The molecule has 0 aliphatic carbocycles. The molecule has 8 heteroatoms. The highest BCUT2D eigenvalue weighted by molar-refractivity contribution is 7.87. The molecule has 0 rings (SSSR count). The third-order valence-electron chi connectivity index (χ3n) is 1.04. The molecule has 0 aliphatic rings. The fraction of sp³-hybridized carbons (Fsp3) is 0.750. The number of nitrogens with zero attached hydrogens (tertiary/aromatic N) is 2. The van der Waals surface area contributed by atoms with Crippen LogP contribution in [0.4, 0.5) is 0 Å². The van der Waals surface area contributed by atoms with Crippen LogP contribution >= 0.6 is 0 Å². The van der Waals surface area contributed by atoms with E-state index in [1.807, 2.05) is 0 Å². The minimum Gasteiger partial charge on any atom is -0.409 e. The largest absolute Gasteiger partial charge is 0.409 e. The number of nitrogens with one attached hydrogen (secondary N) is 1. The number of rotatable bonds is 4. The van der Waals surface area contributed by atoms with Crippen LogP contribution in [0.3, 0.4) is 0 Å². The molecule has 7 nitrogen and oxygen atoms in total. The number of hydrogen-bond acceptors (Lipinski definition) is 4. The summed E-state index contributed by atoms with van der Waals surface area (Å²) in [7, 11) is -0.753. The van der Waals surface area contributed by atoms with Crippen LogP contribution in [0, 0.1) is 0 Å². The second kappa shape index (κ2) is 4.24. The van der Waals surface area contributed by atoms with Gasteiger partial charge in [-0.05, 0) is 0 Å². The summed E-state index contributed by atoms with van der Waals surface area (Å²) >= 11 is 0. The van der Waals surface area contributed by atoms with E-state index in [1.165, 1.54) is 14.1 Å². The quantitative estimate of drug-likeness (QED) is 0.212. The van der Waals surface area contributed by atoms with Gasteiger partial charge in [-0.2, -0.15) is 17.4 Å². The highest BCUT2D eigenvalue weighted by Crippen LogP contribution is 1.85. The molecule has 0 aromatic rings. The van der Waals surface area contributed by atoms with Crippen molar-refractivity contribution in [3.63, 3.8) is 0 Å². The standard InChI is InChI=1S/C4H12N4O3S/c1-8(2)12(10,11)6-3-4(5)7-9/h6,9H,3H2,1-2H3,(H2,5,7). The molecular formula is C4H12N4O3S. The van der Waals surface area contributed by atoms with Crippen LogP contribution in [0.1, 0.15) is 0 Å². The lowest BCUT2D eigenvalue weighted by Gasteiger charge is -2.11. The summed E-state index contributed by atoms with van der Waals surface area (Å²) in [5.41, 5.74) is 5.03. The Balaban J connectivity index is 4.12. The molecule has 12 heavy (non-hydrogen) atoms. The van der Waals surface area contributed by atoms with E-state index >= 15 is 0 Å². The Kier molecular flexibility index (Phi) is 3.93. The zero-order valence-electron chi connectivity index (χ0n) is 6.85. The summed E-state index contributed by atoms with van der Waals surface area (Å²) in [5.74, 6) is -0.194. The molecule has 0 aromatic carbocycles. The van der Waals surface area contributed by atoms with Gasteiger partial charge in [0.25, 0.3) is 10.2 Å². The number of amidine groups is 1. The average molecular weight is 196 g/mol. The molecule has 0 spiro atoms. The van der Waals surface area contributed by atoms with Gasteiger partial charge in [-0.15, -0.1) is 0 Å². The second-order valence-electron chi connectivity index (χ2n) is 2.20. The van der Waals surface area contributed by atoms with Crippen LogP contribution in [-0.2, 0) is 10.2 Å². The fourth-order valence-electron chi connectivity index (χ4n) is 0.330. The molecule has 0 aliphatic heterocycles. The van der Waals surface area contributed by atoms with Crippen molar-refractivity contribution in [2.75, 3.05) is 20.6 Å². The lowest BCUT2D eigenvalue weighted by molar-refractivity contribution is 0.317. The van der Waals surface area contributed by atoms with Gasteiger partial charge in [0, 0.05) is 14.1 Å². The molecule has 0 aromatic heterocycles. The molecule has 0 atom stereocenters. The Hall–Kier alpha value is -0.860. The van der Waals surface area contributed by atoms with Crippen molar-refractivity contribution in [2.24, 2.45) is 10.9 Å². The van der Waals surface area contributed by atoms with Gasteiger partial charge >= 0.3 is 0 Å². The van der Waals surface area contributed by atoms with Crippen molar-refractivity contribution in [2.45, 2.75) is 0 Å². The van der Waals surface area contributed by atoms with E-state index in [1.54, 1.807) is 0 Å². The molecule has 0 saturated carbocycles. The molecule has 4 N–H and O–H groups in total. The molecule has 0 saturated heterocycles. The van der Waals surface area contributed by atoms with E-state index in [-0.39, 0.29) is 12.4 Å². The maximum absolute atomic E-state index is 11.0. The van der Waals surface area contributed by atoms with Gasteiger partial charge in [0.05, 0.1) is 6.54 Å². The van der Waals surface area contributed by atoms with E-state index in [0.29, 0.717) is 0 Å². The molecule has 0 amide bonds. The predicted octanol–water partition coefficient (Wildman–Crippen LogP) is -1.87. The van der Waals surface area contributed by atoms with E-state index in [9.17, 15) is 8.42 Å². The zero-order valence-corrected chi connectivity index (χ0v) is 7.67. The first-order valence-electron chi connectivity index (χ1n) is 3.03. The summed E-state index contributed by atoms with van der Waals surface area (Å²) in [6.45, 7) is -0.211.